The molecule has 0 saturated carbocycles. The molecule has 3 aromatic rings. The van der Waals surface area contributed by atoms with E-state index in [1.165, 1.54) is 0 Å². The summed E-state index contributed by atoms with van der Waals surface area (Å²) in [6, 6.07) is 12.2. The fraction of sp³-hybridized carbons (Fsp3) is 0.200. The summed E-state index contributed by atoms with van der Waals surface area (Å²) in [5.74, 6) is 1.32. The van der Waals surface area contributed by atoms with Crippen molar-refractivity contribution in [3.63, 3.8) is 0 Å². The Morgan fingerprint density at radius 2 is 1.96 bits per heavy atom. The molecule has 2 aromatic carbocycles. The summed E-state index contributed by atoms with van der Waals surface area (Å²) in [4.78, 5) is 12.7. The van der Waals surface area contributed by atoms with Gasteiger partial charge in [0, 0.05) is 17.1 Å². The molecule has 0 bridgehead atoms. The molecular weight excluding hydrogens is 348 g/mol. The summed E-state index contributed by atoms with van der Waals surface area (Å²) in [5, 5.41) is 11.6. The van der Waals surface area contributed by atoms with E-state index in [4.69, 9.17) is 24.0 Å². The van der Waals surface area contributed by atoms with Crippen molar-refractivity contribution in [2.24, 2.45) is 0 Å². The molecule has 0 unspecified atom stereocenters. The number of hydrogen-bond donors (Lipinski definition) is 2. The molecule has 2 heterocycles. The van der Waals surface area contributed by atoms with Crippen molar-refractivity contribution in [1.82, 2.24) is 0 Å². The van der Waals surface area contributed by atoms with Gasteiger partial charge in [-0.05, 0) is 31.2 Å². The van der Waals surface area contributed by atoms with Crippen LogP contribution in [0.15, 0.2) is 46.9 Å². The second-order valence-corrected chi connectivity index (χ2v) is 5.91. The van der Waals surface area contributed by atoms with E-state index >= 15 is 0 Å². The highest BCUT2D eigenvalue weighted by Gasteiger charge is 2.16. The summed E-state index contributed by atoms with van der Waals surface area (Å²) in [7, 11) is 0. The summed E-state index contributed by atoms with van der Waals surface area (Å²) in [6.45, 7) is 3.32. The molecule has 7 heteroatoms. The number of hydrogen-bond acceptors (Lipinski definition) is 6. The largest absolute Gasteiger partial charge is 0.490 e. The van der Waals surface area contributed by atoms with Gasteiger partial charge in [0.05, 0.1) is 6.61 Å². The van der Waals surface area contributed by atoms with Crippen molar-refractivity contribution in [3.8, 4) is 17.2 Å². The number of amides is 1. The minimum absolute atomic E-state index is 0.131. The Hall–Kier alpha value is -3.48. The first-order valence-corrected chi connectivity index (χ1v) is 8.61. The predicted octanol–water partition coefficient (Wildman–Crippen LogP) is 3.33. The molecule has 0 fully saturated rings. The summed E-state index contributed by atoms with van der Waals surface area (Å²) in [5.41, 5.74) is 0.891. The van der Waals surface area contributed by atoms with Gasteiger partial charge in [-0.25, -0.2) is 0 Å². The van der Waals surface area contributed by atoms with Crippen LogP contribution in [-0.2, 0) is 0 Å². The Kier molecular flexibility index (Phi) is 4.42. The van der Waals surface area contributed by atoms with Gasteiger partial charge < -0.3 is 23.9 Å². The lowest BCUT2D eigenvalue weighted by Crippen LogP contribution is -2.21. The number of anilines is 1. The molecule has 138 valence electrons. The quantitative estimate of drug-likeness (QED) is 0.739. The number of fused-ring (bicyclic) bond motifs is 2. The molecule has 7 nitrogen and oxygen atoms in total. The van der Waals surface area contributed by atoms with E-state index in [-0.39, 0.29) is 11.1 Å². The van der Waals surface area contributed by atoms with Crippen LogP contribution in [0, 0.1) is 5.41 Å². The number of rotatable bonds is 4. The average Bonchev–Trinajstić information content (AvgIpc) is 2.68. The fourth-order valence-electron chi connectivity index (χ4n) is 2.89. The second kappa shape index (κ2) is 7.03. The van der Waals surface area contributed by atoms with Gasteiger partial charge in [-0.1, -0.05) is 12.1 Å². The van der Waals surface area contributed by atoms with Crippen molar-refractivity contribution >= 4 is 22.6 Å². The van der Waals surface area contributed by atoms with E-state index in [9.17, 15) is 4.79 Å². The third kappa shape index (κ3) is 3.31. The Bertz CT molecular complexity index is 1070. The van der Waals surface area contributed by atoms with E-state index in [0.717, 1.165) is 0 Å². The molecule has 0 spiro atoms. The van der Waals surface area contributed by atoms with Crippen LogP contribution in [-0.4, -0.2) is 25.7 Å². The van der Waals surface area contributed by atoms with Crippen LogP contribution in [0.1, 0.15) is 17.3 Å². The summed E-state index contributed by atoms with van der Waals surface area (Å²) in [6.07, 6.45) is 0. The zero-order valence-corrected chi connectivity index (χ0v) is 14.7. The maximum atomic E-state index is 12.7. The molecule has 4 rings (SSSR count). The minimum Gasteiger partial charge on any atom is -0.490 e. The van der Waals surface area contributed by atoms with E-state index < -0.39 is 5.91 Å². The van der Waals surface area contributed by atoms with E-state index in [1.807, 2.05) is 19.1 Å². The van der Waals surface area contributed by atoms with E-state index in [1.54, 1.807) is 30.3 Å². The number of carbonyl (C=O) groups excluding carboxylic acids is 1. The first kappa shape index (κ1) is 17.0. The first-order valence-electron chi connectivity index (χ1n) is 8.61. The number of ether oxygens (including phenoxy) is 3. The Morgan fingerprint density at radius 3 is 2.78 bits per heavy atom. The number of carbonyl (C=O) groups is 1. The van der Waals surface area contributed by atoms with Crippen LogP contribution in [0.4, 0.5) is 5.69 Å². The van der Waals surface area contributed by atoms with E-state index in [2.05, 4.69) is 5.32 Å². The second-order valence-electron chi connectivity index (χ2n) is 5.91. The number of benzene rings is 2. The molecule has 0 aliphatic carbocycles. The maximum Gasteiger partial charge on any atom is 0.261 e. The normalized spacial score (nSPS) is 12.6. The van der Waals surface area contributed by atoms with Crippen LogP contribution >= 0.6 is 0 Å². The molecule has 1 aromatic heterocycles. The zero-order chi connectivity index (χ0) is 18.8. The lowest BCUT2D eigenvalue weighted by atomic mass is 10.1. The Morgan fingerprint density at radius 1 is 1.15 bits per heavy atom. The van der Waals surface area contributed by atoms with E-state index in [0.29, 0.717) is 53.7 Å². The van der Waals surface area contributed by atoms with Crippen LogP contribution in [0.25, 0.3) is 11.0 Å². The van der Waals surface area contributed by atoms with Crippen LogP contribution in [0.2, 0.25) is 0 Å². The Balaban J connectivity index is 1.65. The predicted molar refractivity (Wildman–Crippen MR) is 98.6 cm³/mol. The summed E-state index contributed by atoms with van der Waals surface area (Å²) < 4.78 is 22.1. The third-order valence-corrected chi connectivity index (χ3v) is 4.10. The van der Waals surface area contributed by atoms with Crippen LogP contribution < -0.4 is 25.1 Å². The molecular formula is C20H18N2O5. The van der Waals surface area contributed by atoms with Gasteiger partial charge in [-0.15, -0.1) is 0 Å². The van der Waals surface area contributed by atoms with Gasteiger partial charge in [0.1, 0.15) is 18.8 Å². The van der Waals surface area contributed by atoms with Crippen molar-refractivity contribution in [2.45, 2.75) is 6.92 Å². The van der Waals surface area contributed by atoms with Gasteiger partial charge in [0.2, 0.25) is 5.55 Å². The summed E-state index contributed by atoms with van der Waals surface area (Å²) >= 11 is 0. The third-order valence-electron chi connectivity index (χ3n) is 4.10. The molecule has 27 heavy (non-hydrogen) atoms. The van der Waals surface area contributed by atoms with Crippen molar-refractivity contribution in [3.05, 3.63) is 53.6 Å². The monoisotopic (exact) mass is 366 g/mol. The lowest BCUT2D eigenvalue weighted by Gasteiger charge is -2.19. The molecule has 1 aliphatic heterocycles. The van der Waals surface area contributed by atoms with Gasteiger partial charge in [0.15, 0.2) is 22.8 Å². The van der Waals surface area contributed by atoms with Crippen molar-refractivity contribution in [1.29, 1.82) is 5.41 Å². The fourth-order valence-corrected chi connectivity index (χ4v) is 2.89. The SMILES string of the molecule is CCOc1cccc2cc(C(=O)Nc3ccc4c(c3)OCCO4)c(=N)oc12. The molecule has 0 radical (unpaired) electrons. The maximum absolute atomic E-state index is 12.7. The highest BCUT2D eigenvalue weighted by Crippen LogP contribution is 2.32. The highest BCUT2D eigenvalue weighted by molar-refractivity contribution is 6.05. The van der Waals surface area contributed by atoms with Crippen LogP contribution in [0.3, 0.4) is 0 Å². The molecule has 1 aliphatic rings. The average molecular weight is 366 g/mol. The first-order chi connectivity index (χ1) is 13.2. The standard InChI is InChI=1S/C20H18N2O5/c1-2-24-16-5-3-4-12-10-14(19(21)27-18(12)16)20(23)22-13-6-7-15-17(11-13)26-9-8-25-15/h3-7,10-11,21H,2,8-9H2,1H3,(H,22,23). The lowest BCUT2D eigenvalue weighted by molar-refractivity contribution is 0.102. The molecule has 0 atom stereocenters. The number of para-hydroxylation sites is 1. The Labute approximate surface area is 155 Å². The minimum atomic E-state index is -0.441. The van der Waals surface area contributed by atoms with Crippen molar-refractivity contribution in [2.75, 3.05) is 25.1 Å². The highest BCUT2D eigenvalue weighted by atomic mass is 16.6. The number of nitrogens with one attached hydrogen (secondary N) is 2. The van der Waals surface area contributed by atoms with Gasteiger partial charge in [-0.3, -0.25) is 10.2 Å². The molecule has 1 amide bonds. The molecule has 0 saturated heterocycles. The molecule has 2 N–H and O–H groups in total. The van der Waals surface area contributed by atoms with Gasteiger partial charge in [0.25, 0.3) is 5.91 Å². The zero-order valence-electron chi connectivity index (χ0n) is 14.7. The smallest absolute Gasteiger partial charge is 0.261 e. The van der Waals surface area contributed by atoms with Crippen LogP contribution in [0.5, 0.6) is 17.2 Å². The van der Waals surface area contributed by atoms with Crippen molar-refractivity contribution < 1.29 is 23.4 Å². The topological polar surface area (TPSA) is 93.8 Å². The van der Waals surface area contributed by atoms with Gasteiger partial charge >= 0.3 is 0 Å². The van der Waals surface area contributed by atoms with Gasteiger partial charge in [-0.2, -0.15) is 0 Å².